The van der Waals surface area contributed by atoms with E-state index in [0.717, 1.165) is 9.99 Å². The average Bonchev–Trinajstić information content (AvgIpc) is 2.30. The van der Waals surface area contributed by atoms with Gasteiger partial charge in [-0.05, 0) is 53.1 Å². The summed E-state index contributed by atoms with van der Waals surface area (Å²) in [5.74, 6) is -0.850. The maximum absolute atomic E-state index is 10.8. The second kappa shape index (κ2) is 7.69. The summed E-state index contributed by atoms with van der Waals surface area (Å²) in [6.45, 7) is 2.22. The van der Waals surface area contributed by atoms with E-state index >= 15 is 0 Å². The van der Waals surface area contributed by atoms with Crippen LogP contribution in [0.1, 0.15) is 54.9 Å². The van der Waals surface area contributed by atoms with Gasteiger partial charge in [0.1, 0.15) is 0 Å². The van der Waals surface area contributed by atoms with Crippen molar-refractivity contribution in [2.75, 3.05) is 0 Å². The van der Waals surface area contributed by atoms with Gasteiger partial charge in [0.2, 0.25) is 0 Å². The molecule has 0 aliphatic heterocycles. The standard InChI is InChI=1S/C14H19IO2/c1-2-3-4-5-6-7-11-8-9-12(14(16)17)10-13(11)15/h8-10H,2-7H2,1H3,(H,16,17). The second-order valence-electron chi connectivity index (χ2n) is 4.28. The SMILES string of the molecule is CCCCCCCc1ccc(C(=O)O)cc1I. The van der Waals surface area contributed by atoms with Crippen LogP contribution >= 0.6 is 22.6 Å². The fraction of sp³-hybridized carbons (Fsp3) is 0.500. The van der Waals surface area contributed by atoms with Gasteiger partial charge in [0, 0.05) is 3.57 Å². The molecule has 17 heavy (non-hydrogen) atoms. The zero-order valence-electron chi connectivity index (χ0n) is 10.2. The summed E-state index contributed by atoms with van der Waals surface area (Å²) in [5, 5.41) is 8.87. The highest BCUT2D eigenvalue weighted by atomic mass is 127. The van der Waals surface area contributed by atoms with E-state index in [1.807, 2.05) is 6.07 Å². The predicted molar refractivity (Wildman–Crippen MR) is 78.6 cm³/mol. The largest absolute Gasteiger partial charge is 0.478 e. The van der Waals surface area contributed by atoms with Crippen molar-refractivity contribution in [1.82, 2.24) is 0 Å². The lowest BCUT2D eigenvalue weighted by Crippen LogP contribution is -1.99. The molecule has 0 spiro atoms. The molecule has 1 aromatic carbocycles. The third-order valence-corrected chi connectivity index (χ3v) is 3.85. The van der Waals surface area contributed by atoms with E-state index in [1.165, 1.54) is 37.7 Å². The molecule has 0 fully saturated rings. The van der Waals surface area contributed by atoms with E-state index in [-0.39, 0.29) is 0 Å². The summed E-state index contributed by atoms with van der Waals surface area (Å²) in [7, 11) is 0. The molecule has 2 nitrogen and oxygen atoms in total. The molecule has 1 N–H and O–H groups in total. The Bertz CT molecular complexity index is 374. The van der Waals surface area contributed by atoms with Gasteiger partial charge >= 0.3 is 5.97 Å². The maximum Gasteiger partial charge on any atom is 0.335 e. The lowest BCUT2D eigenvalue weighted by Gasteiger charge is -2.05. The average molecular weight is 346 g/mol. The van der Waals surface area contributed by atoms with Crippen molar-refractivity contribution in [3.8, 4) is 0 Å². The number of rotatable bonds is 7. The molecule has 0 saturated carbocycles. The van der Waals surface area contributed by atoms with Gasteiger partial charge < -0.3 is 5.11 Å². The molecule has 0 amide bonds. The minimum absolute atomic E-state index is 0.379. The number of halogens is 1. The summed E-state index contributed by atoms with van der Waals surface area (Å²) in [6.07, 6.45) is 7.41. The molecular weight excluding hydrogens is 327 g/mol. The van der Waals surface area contributed by atoms with Crippen LogP contribution in [0, 0.1) is 3.57 Å². The van der Waals surface area contributed by atoms with E-state index < -0.39 is 5.97 Å². The number of hydrogen-bond acceptors (Lipinski definition) is 1. The first-order valence-corrected chi connectivity index (χ1v) is 7.24. The third kappa shape index (κ3) is 5.06. The molecular formula is C14H19IO2. The number of benzene rings is 1. The molecule has 94 valence electrons. The van der Waals surface area contributed by atoms with Gasteiger partial charge in [-0.15, -0.1) is 0 Å². The summed E-state index contributed by atoms with van der Waals surface area (Å²) >= 11 is 2.22. The Balaban J connectivity index is 2.46. The molecule has 0 radical (unpaired) electrons. The first-order chi connectivity index (χ1) is 8.15. The van der Waals surface area contributed by atoms with Crippen molar-refractivity contribution in [1.29, 1.82) is 0 Å². The van der Waals surface area contributed by atoms with Crippen molar-refractivity contribution in [3.63, 3.8) is 0 Å². The van der Waals surface area contributed by atoms with E-state index in [9.17, 15) is 4.79 Å². The zero-order valence-corrected chi connectivity index (χ0v) is 12.4. The van der Waals surface area contributed by atoms with Crippen LogP contribution in [0.3, 0.4) is 0 Å². The minimum Gasteiger partial charge on any atom is -0.478 e. The van der Waals surface area contributed by atoms with Crippen LogP contribution in [0.5, 0.6) is 0 Å². The summed E-state index contributed by atoms with van der Waals surface area (Å²) in [4.78, 5) is 10.8. The highest BCUT2D eigenvalue weighted by Gasteiger charge is 2.06. The molecule has 0 aliphatic rings. The monoisotopic (exact) mass is 346 g/mol. The van der Waals surface area contributed by atoms with E-state index in [2.05, 4.69) is 29.5 Å². The highest BCUT2D eigenvalue weighted by molar-refractivity contribution is 14.1. The molecule has 0 bridgehead atoms. The molecule has 0 heterocycles. The number of carboxylic acids is 1. The van der Waals surface area contributed by atoms with Crippen molar-refractivity contribution in [3.05, 3.63) is 32.9 Å². The van der Waals surface area contributed by atoms with Gasteiger partial charge in [0.05, 0.1) is 5.56 Å². The lowest BCUT2D eigenvalue weighted by molar-refractivity contribution is 0.0697. The molecule has 1 rings (SSSR count). The van der Waals surface area contributed by atoms with Gasteiger partial charge in [-0.2, -0.15) is 0 Å². The fourth-order valence-corrected chi connectivity index (χ4v) is 2.59. The number of carbonyl (C=O) groups is 1. The molecule has 1 aromatic rings. The van der Waals surface area contributed by atoms with Gasteiger partial charge in [-0.3, -0.25) is 0 Å². The van der Waals surface area contributed by atoms with Crippen LogP contribution in [0.15, 0.2) is 18.2 Å². The Kier molecular flexibility index (Phi) is 6.55. The molecule has 0 aromatic heterocycles. The molecule has 0 aliphatic carbocycles. The molecule has 0 unspecified atom stereocenters. The van der Waals surface area contributed by atoms with Gasteiger partial charge in [0.25, 0.3) is 0 Å². The summed E-state index contributed by atoms with van der Waals surface area (Å²) < 4.78 is 1.07. The normalized spacial score (nSPS) is 10.5. The smallest absolute Gasteiger partial charge is 0.335 e. The summed E-state index contributed by atoms with van der Waals surface area (Å²) in [5.41, 5.74) is 1.65. The number of carboxylic acid groups (broad SMARTS) is 1. The van der Waals surface area contributed by atoms with Crippen LogP contribution in [0.2, 0.25) is 0 Å². The van der Waals surface area contributed by atoms with Gasteiger partial charge in [-0.25, -0.2) is 4.79 Å². The number of aryl methyl sites for hydroxylation is 1. The van der Waals surface area contributed by atoms with E-state index in [1.54, 1.807) is 12.1 Å². The van der Waals surface area contributed by atoms with Gasteiger partial charge in [0.15, 0.2) is 0 Å². The Hall–Kier alpha value is -0.580. The number of aromatic carboxylic acids is 1. The van der Waals surface area contributed by atoms with E-state index in [0.29, 0.717) is 5.56 Å². The van der Waals surface area contributed by atoms with E-state index in [4.69, 9.17) is 5.11 Å². The Labute approximate surface area is 117 Å². The predicted octanol–water partition coefficient (Wildman–Crippen LogP) is 4.50. The Morgan fingerprint density at radius 3 is 2.53 bits per heavy atom. The highest BCUT2D eigenvalue weighted by Crippen LogP contribution is 2.17. The number of hydrogen-bond donors (Lipinski definition) is 1. The van der Waals surface area contributed by atoms with Gasteiger partial charge in [-0.1, -0.05) is 38.7 Å². The van der Waals surface area contributed by atoms with Crippen LogP contribution in [-0.4, -0.2) is 11.1 Å². The minimum atomic E-state index is -0.850. The van der Waals surface area contributed by atoms with Crippen molar-refractivity contribution >= 4 is 28.6 Å². The van der Waals surface area contributed by atoms with Crippen molar-refractivity contribution in [2.45, 2.75) is 45.4 Å². The van der Waals surface area contributed by atoms with Crippen molar-refractivity contribution < 1.29 is 9.90 Å². The Morgan fingerprint density at radius 1 is 1.24 bits per heavy atom. The lowest BCUT2D eigenvalue weighted by atomic mass is 10.0. The van der Waals surface area contributed by atoms with Crippen LogP contribution in [0.25, 0.3) is 0 Å². The first kappa shape index (κ1) is 14.5. The molecule has 0 saturated heterocycles. The molecule has 3 heteroatoms. The zero-order chi connectivity index (χ0) is 12.7. The second-order valence-corrected chi connectivity index (χ2v) is 5.44. The third-order valence-electron chi connectivity index (χ3n) is 2.85. The van der Waals surface area contributed by atoms with Crippen LogP contribution < -0.4 is 0 Å². The van der Waals surface area contributed by atoms with Crippen LogP contribution in [-0.2, 0) is 6.42 Å². The van der Waals surface area contributed by atoms with Crippen LogP contribution in [0.4, 0.5) is 0 Å². The fourth-order valence-electron chi connectivity index (χ4n) is 1.80. The first-order valence-electron chi connectivity index (χ1n) is 6.17. The quantitative estimate of drug-likeness (QED) is 0.583. The Morgan fingerprint density at radius 2 is 1.94 bits per heavy atom. The van der Waals surface area contributed by atoms with Crippen molar-refractivity contribution in [2.24, 2.45) is 0 Å². The maximum atomic E-state index is 10.8. The molecule has 0 atom stereocenters. The summed E-state index contributed by atoms with van der Waals surface area (Å²) in [6, 6.07) is 5.40. The number of unbranched alkanes of at least 4 members (excludes halogenated alkanes) is 4. The topological polar surface area (TPSA) is 37.3 Å².